The molecule has 0 saturated heterocycles. The van der Waals surface area contributed by atoms with Crippen LogP contribution in [0.2, 0.25) is 0 Å². The summed E-state index contributed by atoms with van der Waals surface area (Å²) < 4.78 is 41.9. The Kier molecular flexibility index (Phi) is 16.0. The van der Waals surface area contributed by atoms with E-state index in [0.717, 1.165) is 12.8 Å². The molecule has 136 valence electrons. The van der Waals surface area contributed by atoms with E-state index in [2.05, 4.69) is 11.1 Å². The molecule has 0 rings (SSSR count). The minimum atomic E-state index is -4.64. The van der Waals surface area contributed by atoms with E-state index in [1.54, 1.807) is 0 Å². The third-order valence-corrected chi connectivity index (χ3v) is 3.19. The summed E-state index contributed by atoms with van der Waals surface area (Å²) in [7, 11) is -8.87. The van der Waals surface area contributed by atoms with Gasteiger partial charge in [-0.1, -0.05) is 64.7 Å². The average molecular weight is 364 g/mol. The molecule has 0 aromatic rings. The van der Waals surface area contributed by atoms with Crippen molar-refractivity contribution >= 4 is 18.2 Å². The maximum absolute atomic E-state index is 10.2. The summed E-state index contributed by atoms with van der Waals surface area (Å²) in [6.45, 7) is 2.31. The molecule has 0 atom stereocenters. The van der Waals surface area contributed by atoms with Gasteiger partial charge in [0, 0.05) is 0 Å². The lowest BCUT2D eigenvalue weighted by atomic mass is 10.1. The highest BCUT2D eigenvalue weighted by atomic mass is 32.3. The Balaban J connectivity index is 0. The number of phosphoric acid groups is 1. The van der Waals surface area contributed by atoms with Gasteiger partial charge in [-0.2, -0.15) is 8.42 Å². The van der Waals surface area contributed by atoms with Crippen molar-refractivity contribution in [3.63, 3.8) is 0 Å². The fourth-order valence-electron chi connectivity index (χ4n) is 1.75. The maximum atomic E-state index is 10.2. The van der Waals surface area contributed by atoms with Crippen molar-refractivity contribution in [2.24, 2.45) is 0 Å². The smallest absolute Gasteiger partial charge is 0.303 e. The molecule has 0 saturated carbocycles. The van der Waals surface area contributed by atoms with E-state index < -0.39 is 18.2 Å². The van der Waals surface area contributed by atoms with Gasteiger partial charge >= 0.3 is 18.2 Å². The quantitative estimate of drug-likeness (QED) is 0.235. The fourth-order valence-corrected chi connectivity index (χ4v) is 2.08. The van der Waals surface area contributed by atoms with Crippen molar-refractivity contribution < 1.29 is 36.4 Å². The topological polar surface area (TPSA) is 141 Å². The van der Waals surface area contributed by atoms with Crippen LogP contribution in [-0.2, 0) is 19.1 Å². The lowest BCUT2D eigenvalue weighted by molar-refractivity contribution is 0.261. The third-order valence-electron chi connectivity index (χ3n) is 2.73. The summed E-state index contributed by atoms with van der Waals surface area (Å²) in [4.78, 5) is 21.6. The summed E-state index contributed by atoms with van der Waals surface area (Å²) in [6, 6.07) is 0. The minimum Gasteiger partial charge on any atom is -0.303 e. The molecule has 0 aliphatic rings. The van der Waals surface area contributed by atoms with E-state index in [9.17, 15) is 8.42 Å². The van der Waals surface area contributed by atoms with Crippen molar-refractivity contribution in [1.29, 1.82) is 0 Å². The Bertz CT molecular complexity index is 370. The molecule has 0 aromatic heterocycles. The number of unbranched alkanes of at least 4 members (excludes halogenated alkanes) is 9. The molecule has 0 spiro atoms. The Morgan fingerprint density at radius 1 is 0.818 bits per heavy atom. The first-order valence-electron chi connectivity index (χ1n) is 7.46. The Morgan fingerprint density at radius 3 is 1.45 bits per heavy atom. The van der Waals surface area contributed by atoms with Gasteiger partial charge in [0.15, 0.2) is 0 Å². The van der Waals surface area contributed by atoms with Crippen molar-refractivity contribution in [3.05, 3.63) is 0 Å². The van der Waals surface area contributed by atoms with Gasteiger partial charge in [-0.3, -0.25) is 4.55 Å². The monoisotopic (exact) mass is 364 g/mol. The normalized spacial score (nSPS) is 11.9. The molecule has 0 amide bonds. The van der Waals surface area contributed by atoms with Crippen LogP contribution in [0.15, 0.2) is 0 Å². The van der Waals surface area contributed by atoms with Crippen molar-refractivity contribution in [2.75, 3.05) is 6.61 Å². The second-order valence-electron chi connectivity index (χ2n) is 4.94. The van der Waals surface area contributed by atoms with Crippen LogP contribution in [0.25, 0.3) is 0 Å². The standard InChI is InChI=1S/C12H26O4S.H3O4P/c1-2-3-4-5-6-7-8-9-10-11-12-16-17(13,14)15;1-5(2,3)4/h2-12H2,1H3,(H,13,14,15);(H3,1,2,3,4). The zero-order valence-corrected chi connectivity index (χ0v) is 14.8. The van der Waals surface area contributed by atoms with Crippen LogP contribution in [0.5, 0.6) is 0 Å². The van der Waals surface area contributed by atoms with E-state index in [4.69, 9.17) is 23.8 Å². The molecule has 0 aliphatic heterocycles. The molecule has 0 aliphatic carbocycles. The summed E-state index contributed by atoms with van der Waals surface area (Å²) >= 11 is 0. The van der Waals surface area contributed by atoms with Crippen LogP contribution in [0, 0.1) is 0 Å². The molecule has 0 unspecified atom stereocenters. The lowest BCUT2D eigenvalue weighted by Crippen LogP contribution is -2.04. The molecule has 8 nitrogen and oxygen atoms in total. The van der Waals surface area contributed by atoms with Crippen LogP contribution >= 0.6 is 7.82 Å². The van der Waals surface area contributed by atoms with Crippen LogP contribution in [0.1, 0.15) is 71.1 Å². The fraction of sp³-hybridized carbons (Fsp3) is 1.00. The average Bonchev–Trinajstić information content (AvgIpc) is 2.32. The Labute approximate surface area is 133 Å². The molecule has 4 N–H and O–H groups in total. The van der Waals surface area contributed by atoms with Gasteiger partial charge < -0.3 is 14.7 Å². The van der Waals surface area contributed by atoms with Crippen LogP contribution < -0.4 is 0 Å². The highest BCUT2D eigenvalue weighted by Gasteiger charge is 2.02. The van der Waals surface area contributed by atoms with Crippen molar-refractivity contribution in [1.82, 2.24) is 0 Å². The lowest BCUT2D eigenvalue weighted by Gasteiger charge is -2.02. The molecule has 10 heteroatoms. The summed E-state index contributed by atoms with van der Waals surface area (Å²) in [5.74, 6) is 0. The van der Waals surface area contributed by atoms with E-state index >= 15 is 0 Å². The first-order valence-corrected chi connectivity index (χ1v) is 10.4. The van der Waals surface area contributed by atoms with E-state index in [0.29, 0.717) is 6.42 Å². The SMILES string of the molecule is CCCCCCCCCCCCOS(=O)(=O)O.O=P(O)(O)O. The molecular formula is C12H29O8PS. The number of hydrogen-bond acceptors (Lipinski definition) is 4. The van der Waals surface area contributed by atoms with E-state index in [-0.39, 0.29) is 6.61 Å². The largest absolute Gasteiger partial charge is 0.466 e. The van der Waals surface area contributed by atoms with Gasteiger partial charge in [0.2, 0.25) is 0 Å². The van der Waals surface area contributed by atoms with Gasteiger partial charge in [-0.25, -0.2) is 8.75 Å². The van der Waals surface area contributed by atoms with E-state index in [1.807, 2.05) is 0 Å². The third kappa shape index (κ3) is 36.8. The van der Waals surface area contributed by atoms with Crippen LogP contribution in [0.3, 0.4) is 0 Å². The van der Waals surface area contributed by atoms with E-state index in [1.165, 1.54) is 44.9 Å². The van der Waals surface area contributed by atoms with Crippen LogP contribution in [0.4, 0.5) is 0 Å². The van der Waals surface area contributed by atoms with Gasteiger partial charge in [-0.15, -0.1) is 0 Å². The molecule has 22 heavy (non-hydrogen) atoms. The highest BCUT2D eigenvalue weighted by molar-refractivity contribution is 7.80. The molecule has 0 bridgehead atoms. The van der Waals surface area contributed by atoms with Crippen molar-refractivity contribution in [3.8, 4) is 0 Å². The molecule has 0 radical (unpaired) electrons. The molecule has 0 aromatic carbocycles. The van der Waals surface area contributed by atoms with Crippen LogP contribution in [-0.4, -0.2) is 34.3 Å². The first kappa shape index (κ1) is 24.2. The minimum absolute atomic E-state index is 0.0926. The zero-order chi connectivity index (χ0) is 17.5. The summed E-state index contributed by atoms with van der Waals surface area (Å²) in [5.41, 5.74) is 0. The van der Waals surface area contributed by atoms with Gasteiger partial charge in [0.25, 0.3) is 0 Å². The predicted octanol–water partition coefficient (Wildman–Crippen LogP) is 2.80. The number of rotatable bonds is 12. The second kappa shape index (κ2) is 14.6. The predicted molar refractivity (Wildman–Crippen MR) is 83.6 cm³/mol. The maximum Gasteiger partial charge on any atom is 0.466 e. The first-order chi connectivity index (χ1) is 10.1. The highest BCUT2D eigenvalue weighted by Crippen LogP contribution is 2.25. The Hall–Kier alpha value is -0.0200. The number of hydrogen-bond donors (Lipinski definition) is 4. The Morgan fingerprint density at radius 2 is 1.14 bits per heavy atom. The zero-order valence-electron chi connectivity index (χ0n) is 13.1. The molecular weight excluding hydrogens is 335 g/mol. The van der Waals surface area contributed by atoms with Gasteiger partial charge in [0.05, 0.1) is 6.61 Å². The van der Waals surface area contributed by atoms with Gasteiger partial charge in [-0.05, 0) is 6.42 Å². The van der Waals surface area contributed by atoms with Gasteiger partial charge in [0.1, 0.15) is 0 Å². The molecule has 0 heterocycles. The summed E-state index contributed by atoms with van der Waals surface area (Å²) in [6.07, 6.45) is 11.9. The second-order valence-corrected chi connectivity index (χ2v) is 7.06. The molecule has 0 fully saturated rings. The summed E-state index contributed by atoms with van der Waals surface area (Å²) in [5, 5.41) is 0. The van der Waals surface area contributed by atoms with Crippen molar-refractivity contribution in [2.45, 2.75) is 71.1 Å².